The molecule has 0 saturated carbocycles. The van der Waals surface area contributed by atoms with E-state index in [2.05, 4.69) is 10.6 Å². The second-order valence-electron chi connectivity index (χ2n) is 19.5. The molecule has 2 fully saturated rings. The molecule has 0 aromatic heterocycles. The largest absolute Gasteiger partial charge is 0.462 e. The van der Waals surface area contributed by atoms with Gasteiger partial charge < -0.3 is 86.4 Å². The van der Waals surface area contributed by atoms with Crippen LogP contribution in [-0.2, 0) is 30.3 Å². The predicted molar refractivity (Wildman–Crippen MR) is 271 cm³/mol. The van der Waals surface area contributed by atoms with Crippen LogP contribution in [-0.4, -0.2) is 167 Å². The summed E-state index contributed by atoms with van der Waals surface area (Å²) in [7, 11) is 0. The summed E-state index contributed by atoms with van der Waals surface area (Å²) < 4.78 is 23.8. The first kappa shape index (κ1) is 61.1. The summed E-state index contributed by atoms with van der Waals surface area (Å²) in [4.78, 5) is 26.1. The van der Waals surface area contributed by atoms with E-state index >= 15 is 0 Å². The third-order valence-electron chi connectivity index (χ3n) is 13.3. The van der Waals surface area contributed by atoms with Gasteiger partial charge in [-0.15, -0.1) is 0 Å². The molecule has 3 aliphatic heterocycles. The quantitative estimate of drug-likeness (QED) is 0.187. The van der Waals surface area contributed by atoms with Crippen molar-refractivity contribution in [1.82, 2.24) is 10.6 Å². The monoisotopic (exact) mass is 1030 g/mol. The average molecular weight is 1030 g/mol. The van der Waals surface area contributed by atoms with Crippen molar-refractivity contribution in [3.8, 4) is 0 Å². The van der Waals surface area contributed by atoms with Gasteiger partial charge in [0.1, 0.15) is 12.2 Å². The molecule has 2 amide bonds. The number of nitrogens with one attached hydrogen (secondary N) is 2. The Morgan fingerprint density at radius 3 is 1.92 bits per heavy atom. The average Bonchev–Trinajstić information content (AvgIpc) is 3.33. The number of hydrogen-bond donors (Lipinski definition) is 13. The highest BCUT2D eigenvalue weighted by Gasteiger charge is 2.49. The molecule has 3 heterocycles. The summed E-state index contributed by atoms with van der Waals surface area (Å²) in [5, 5.41) is 116. The van der Waals surface area contributed by atoms with E-state index < -0.39 is 147 Å². The Morgan fingerprint density at radius 1 is 0.685 bits per heavy atom. The molecule has 0 aliphatic carbocycles. The van der Waals surface area contributed by atoms with E-state index in [-0.39, 0.29) is 38.1 Å². The Bertz CT molecular complexity index is 2020. The molecule has 4 rings (SSSR count). The van der Waals surface area contributed by atoms with Crippen LogP contribution in [0.2, 0.25) is 0 Å². The van der Waals surface area contributed by atoms with Gasteiger partial charge in [0.05, 0.1) is 85.6 Å². The van der Waals surface area contributed by atoms with Crippen LogP contribution in [0.1, 0.15) is 84.6 Å². The number of amides is 2. The summed E-state index contributed by atoms with van der Waals surface area (Å²) in [6, 6.07) is 6.11. The first-order valence-corrected chi connectivity index (χ1v) is 25.2. The number of urea groups is 1. The fraction of sp³-hybridized carbons (Fsp3) is 0.593. The molecular weight excluding hydrogens is 947 g/mol. The summed E-state index contributed by atoms with van der Waals surface area (Å²) in [6.07, 6.45) is 4.91. The molecule has 408 valence electrons. The van der Waals surface area contributed by atoms with Gasteiger partial charge in [-0.3, -0.25) is 4.79 Å². The van der Waals surface area contributed by atoms with Crippen LogP contribution < -0.4 is 16.4 Å². The number of cyclic esters (lactones) is 1. The molecule has 1 aromatic rings. The van der Waals surface area contributed by atoms with E-state index in [1.165, 1.54) is 0 Å². The molecule has 1 aromatic carbocycles. The van der Waals surface area contributed by atoms with E-state index in [4.69, 9.17) is 24.7 Å². The number of carbonyl (C=O) groups excluding carboxylic acids is 2. The van der Waals surface area contributed by atoms with Crippen LogP contribution in [0, 0.1) is 11.8 Å². The molecule has 0 radical (unpaired) electrons. The zero-order valence-corrected chi connectivity index (χ0v) is 42.2. The number of rotatable bonds is 5. The SMILES string of the molecule is C[C@@H]1[C@H](O)[C@@H](C)/C=C/C=C/C=C/C=C/C=C/C=C/C=C/[C@H](O[C@@H]2O[C@H](C)[C@@H](O)[C@H](N)[C@@H]2O)C[C@@H]2O[C@](O)(C[C@@H](O)C[C@@H](O)[C@H](O)CC[C@@H](O)C[C@@H](O)CC(=O)O[C@H]1C)C[C@H](O)[C@H]2NC(=O)NCc1ccccc1. The zero-order chi connectivity index (χ0) is 53.7. The molecule has 19 heteroatoms. The van der Waals surface area contributed by atoms with Crippen molar-refractivity contribution < 1.29 is 79.6 Å². The number of ether oxygens (including phenoxy) is 4. The molecular formula is C54H81N3O16. The van der Waals surface area contributed by atoms with Crippen molar-refractivity contribution in [3.63, 3.8) is 0 Å². The van der Waals surface area contributed by atoms with Crippen molar-refractivity contribution >= 4 is 12.0 Å². The molecule has 0 spiro atoms. The van der Waals surface area contributed by atoms with Gasteiger partial charge in [-0.05, 0) is 38.7 Å². The Morgan fingerprint density at radius 2 is 1.29 bits per heavy atom. The number of allylic oxidation sites excluding steroid dienone is 12. The number of esters is 1. The van der Waals surface area contributed by atoms with Gasteiger partial charge in [0.2, 0.25) is 0 Å². The minimum Gasteiger partial charge on any atom is -0.462 e. The van der Waals surface area contributed by atoms with E-state index in [1.54, 1.807) is 63.3 Å². The fourth-order valence-corrected chi connectivity index (χ4v) is 8.82. The van der Waals surface area contributed by atoms with E-state index in [0.717, 1.165) is 5.56 Å². The topological polar surface area (TPSA) is 323 Å². The van der Waals surface area contributed by atoms with Crippen molar-refractivity contribution in [2.75, 3.05) is 0 Å². The molecule has 73 heavy (non-hydrogen) atoms. The highest BCUT2D eigenvalue weighted by atomic mass is 16.7. The zero-order valence-electron chi connectivity index (χ0n) is 42.2. The van der Waals surface area contributed by atoms with Gasteiger partial charge in [0, 0.05) is 44.1 Å². The van der Waals surface area contributed by atoms with Gasteiger partial charge in [0.15, 0.2) is 12.1 Å². The highest BCUT2D eigenvalue weighted by molar-refractivity contribution is 5.74. The molecule has 19 atom stereocenters. The van der Waals surface area contributed by atoms with Gasteiger partial charge in [0.25, 0.3) is 0 Å². The van der Waals surface area contributed by atoms with Crippen molar-refractivity contribution in [2.45, 2.75) is 189 Å². The minimum atomic E-state index is -2.26. The first-order valence-electron chi connectivity index (χ1n) is 25.2. The lowest BCUT2D eigenvalue weighted by molar-refractivity contribution is -0.303. The lowest BCUT2D eigenvalue weighted by atomic mass is 9.87. The fourth-order valence-electron chi connectivity index (χ4n) is 8.82. The van der Waals surface area contributed by atoms with Crippen molar-refractivity contribution in [3.05, 3.63) is 121 Å². The lowest BCUT2D eigenvalue weighted by Gasteiger charge is -2.46. The van der Waals surface area contributed by atoms with E-state index in [1.807, 2.05) is 79.8 Å². The number of carbonyl (C=O) groups is 2. The van der Waals surface area contributed by atoms with Gasteiger partial charge >= 0.3 is 12.0 Å². The van der Waals surface area contributed by atoms with Crippen LogP contribution in [0.25, 0.3) is 0 Å². The summed E-state index contributed by atoms with van der Waals surface area (Å²) in [5.41, 5.74) is 6.93. The smallest absolute Gasteiger partial charge is 0.315 e. The Hall–Kier alpha value is -4.42. The van der Waals surface area contributed by atoms with Crippen molar-refractivity contribution in [1.29, 1.82) is 0 Å². The number of aliphatic hydroxyl groups is 10. The third kappa shape index (κ3) is 21.0. The molecule has 2 saturated heterocycles. The Kier molecular flexibility index (Phi) is 25.8. The molecule has 0 unspecified atom stereocenters. The van der Waals surface area contributed by atoms with Crippen LogP contribution >= 0.6 is 0 Å². The van der Waals surface area contributed by atoms with Gasteiger partial charge in [-0.25, -0.2) is 4.79 Å². The van der Waals surface area contributed by atoms with Crippen LogP contribution in [0.3, 0.4) is 0 Å². The number of benzene rings is 1. The minimum absolute atomic E-state index is 0.0965. The third-order valence-corrected chi connectivity index (χ3v) is 13.3. The van der Waals surface area contributed by atoms with Crippen LogP contribution in [0.15, 0.2) is 115 Å². The van der Waals surface area contributed by atoms with Crippen LogP contribution in [0.4, 0.5) is 4.79 Å². The normalized spacial score (nSPS) is 41.7. The highest BCUT2D eigenvalue weighted by Crippen LogP contribution is 2.35. The number of hydrogen-bond acceptors (Lipinski definition) is 17. The second-order valence-corrected chi connectivity index (χ2v) is 19.5. The van der Waals surface area contributed by atoms with E-state index in [0.29, 0.717) is 0 Å². The maximum atomic E-state index is 13.4. The lowest BCUT2D eigenvalue weighted by Crippen LogP contribution is -2.63. The molecule has 2 bridgehead atoms. The standard InChI is InChI=1S/C54H81N3O16/c1-33-20-16-13-11-9-7-5-6-8-10-12-14-19-23-41(72-52-51(67)47(55)50(66)36(4)71-52)29-45-48(57-53(68)56-32-37-21-17-15-18-22-37)44(63)31-54(69,73-45)30-40(60)27-43(62)42(61)25-24-38(58)26-39(59)28-46(64)70-35(3)34(2)49(33)65/h5-23,33-36,38-45,47-52,58-63,65-67,69H,24-32,55H2,1-4H3,(H2,56,57,68)/b6-5+,9-7+,10-8+,13-11+,14-12+,20-16+,23-19+/t33-,34-,35-,36+,38+,39+,40-,41-,42+,43+,44-,45-,47-,48+,49+,50+,51-,52-,54+/m0/s1. The summed E-state index contributed by atoms with van der Waals surface area (Å²) >= 11 is 0. The maximum absolute atomic E-state index is 13.4. The van der Waals surface area contributed by atoms with Crippen LogP contribution in [0.5, 0.6) is 0 Å². The second kappa shape index (κ2) is 30.8. The Labute approximate surface area is 428 Å². The predicted octanol–water partition coefficient (Wildman–Crippen LogP) is 1.88. The number of fused-ring (bicyclic) bond motifs is 2. The maximum Gasteiger partial charge on any atom is 0.315 e. The van der Waals surface area contributed by atoms with Gasteiger partial charge in [-0.1, -0.05) is 129 Å². The molecule has 14 N–H and O–H groups in total. The number of aliphatic hydroxyl groups excluding tert-OH is 9. The first-order chi connectivity index (χ1) is 34.7. The Balaban J connectivity index is 1.60. The summed E-state index contributed by atoms with van der Waals surface area (Å²) in [5.74, 6) is -3.72. The number of nitrogens with two attached hydrogens (primary N) is 1. The van der Waals surface area contributed by atoms with E-state index in [9.17, 15) is 60.7 Å². The summed E-state index contributed by atoms with van der Waals surface area (Å²) in [6.45, 7) is 6.95. The van der Waals surface area contributed by atoms with Gasteiger partial charge in [-0.2, -0.15) is 0 Å². The molecule has 19 nitrogen and oxygen atoms in total. The molecule has 3 aliphatic rings. The van der Waals surface area contributed by atoms with Crippen molar-refractivity contribution in [2.24, 2.45) is 17.6 Å².